The molecule has 0 aromatic carbocycles. The van der Waals surface area contributed by atoms with E-state index in [0.29, 0.717) is 23.5 Å². The van der Waals surface area contributed by atoms with E-state index >= 15 is 0 Å². The predicted octanol–water partition coefficient (Wildman–Crippen LogP) is 2.87. The van der Waals surface area contributed by atoms with Gasteiger partial charge in [0.15, 0.2) is 0 Å². The highest BCUT2D eigenvalue weighted by atomic mass is 16.6. The number of amides is 1. The van der Waals surface area contributed by atoms with Crippen molar-refractivity contribution in [2.24, 2.45) is 5.92 Å². The number of carbonyl (C=O) groups is 1. The summed E-state index contributed by atoms with van der Waals surface area (Å²) < 4.78 is 5.47. The largest absolute Gasteiger partial charge is 0.444 e. The van der Waals surface area contributed by atoms with Gasteiger partial charge in [0.2, 0.25) is 5.95 Å². The fourth-order valence-corrected chi connectivity index (χ4v) is 3.89. The molecule has 1 amide bonds. The lowest BCUT2D eigenvalue weighted by atomic mass is 9.93. The Labute approximate surface area is 173 Å². The van der Waals surface area contributed by atoms with Crippen LogP contribution in [0.25, 0.3) is 0 Å². The van der Waals surface area contributed by atoms with Crippen molar-refractivity contribution in [1.82, 2.24) is 19.8 Å². The smallest absolute Gasteiger partial charge is 0.410 e. The highest BCUT2D eigenvalue weighted by Crippen LogP contribution is 2.23. The number of hydrogen-bond acceptors (Lipinski definition) is 7. The Bertz CT molecular complexity index is 716. The van der Waals surface area contributed by atoms with Gasteiger partial charge in [0.25, 0.3) is 0 Å². The van der Waals surface area contributed by atoms with Gasteiger partial charge in [-0.15, -0.1) is 0 Å². The third-order valence-corrected chi connectivity index (χ3v) is 5.51. The van der Waals surface area contributed by atoms with E-state index in [0.717, 1.165) is 52.0 Å². The normalized spacial score (nSPS) is 21.0. The Morgan fingerprint density at radius 3 is 2.55 bits per heavy atom. The van der Waals surface area contributed by atoms with E-state index in [1.807, 2.05) is 31.7 Å². The van der Waals surface area contributed by atoms with Gasteiger partial charge in [-0.3, -0.25) is 0 Å². The van der Waals surface area contributed by atoms with Crippen molar-refractivity contribution in [3.8, 4) is 6.07 Å². The number of aromatic nitrogens is 2. The molecule has 0 radical (unpaired) electrons. The van der Waals surface area contributed by atoms with Crippen molar-refractivity contribution in [3.05, 3.63) is 18.0 Å². The van der Waals surface area contributed by atoms with Gasteiger partial charge < -0.3 is 19.9 Å². The van der Waals surface area contributed by atoms with E-state index in [4.69, 9.17) is 10.00 Å². The first kappa shape index (κ1) is 21.3. The summed E-state index contributed by atoms with van der Waals surface area (Å²) >= 11 is 0. The lowest BCUT2D eigenvalue weighted by Gasteiger charge is -2.34. The Morgan fingerprint density at radius 2 is 1.93 bits per heavy atom. The van der Waals surface area contributed by atoms with Crippen LogP contribution >= 0.6 is 0 Å². The molecule has 1 unspecified atom stereocenters. The number of rotatable bonds is 5. The molecule has 0 aliphatic carbocycles. The second kappa shape index (κ2) is 9.40. The van der Waals surface area contributed by atoms with Crippen LogP contribution in [0.1, 0.15) is 52.0 Å². The number of nitriles is 1. The fraction of sp³-hybridized carbons (Fsp3) is 0.714. The monoisotopic (exact) mass is 400 g/mol. The maximum Gasteiger partial charge on any atom is 0.410 e. The topological polar surface area (TPSA) is 94.4 Å². The number of ether oxygens (including phenoxy) is 1. The van der Waals surface area contributed by atoms with E-state index in [1.165, 1.54) is 6.42 Å². The number of likely N-dealkylation sites (tertiary alicyclic amines) is 2. The van der Waals surface area contributed by atoms with Gasteiger partial charge in [0.1, 0.15) is 11.7 Å². The molecule has 0 saturated carbocycles. The van der Waals surface area contributed by atoms with Gasteiger partial charge >= 0.3 is 6.09 Å². The minimum atomic E-state index is -0.433. The number of anilines is 1. The summed E-state index contributed by atoms with van der Waals surface area (Å²) in [7, 11) is 0. The Balaban J connectivity index is 1.34. The average Bonchev–Trinajstić information content (AvgIpc) is 3.13. The summed E-state index contributed by atoms with van der Waals surface area (Å²) in [6, 6.07) is 2.38. The molecule has 2 aliphatic heterocycles. The van der Waals surface area contributed by atoms with E-state index < -0.39 is 5.60 Å². The van der Waals surface area contributed by atoms with Crippen LogP contribution in [0.15, 0.2) is 12.4 Å². The van der Waals surface area contributed by atoms with Crippen LogP contribution in [0.4, 0.5) is 10.7 Å². The number of hydrogen-bond donors (Lipinski definition) is 1. The van der Waals surface area contributed by atoms with Crippen molar-refractivity contribution in [1.29, 1.82) is 5.26 Å². The average molecular weight is 401 g/mol. The fourth-order valence-electron chi connectivity index (χ4n) is 3.89. The van der Waals surface area contributed by atoms with Crippen LogP contribution in [-0.2, 0) is 4.74 Å². The molecule has 8 heteroatoms. The molecule has 1 aromatic heterocycles. The molecule has 0 spiro atoms. The van der Waals surface area contributed by atoms with E-state index in [1.54, 1.807) is 12.4 Å². The molecular formula is C21H32N6O2. The first-order valence-corrected chi connectivity index (χ1v) is 10.5. The minimum Gasteiger partial charge on any atom is -0.444 e. The predicted molar refractivity (Wildman–Crippen MR) is 110 cm³/mol. The molecule has 3 heterocycles. The molecule has 8 nitrogen and oxygen atoms in total. The summed E-state index contributed by atoms with van der Waals surface area (Å²) in [6.07, 6.45) is 7.25. The van der Waals surface area contributed by atoms with Gasteiger partial charge in [-0.1, -0.05) is 0 Å². The van der Waals surface area contributed by atoms with Gasteiger partial charge in [0, 0.05) is 32.2 Å². The summed E-state index contributed by atoms with van der Waals surface area (Å²) in [5.74, 6) is 1.26. The Hall–Kier alpha value is -2.40. The molecule has 0 bridgehead atoms. The first-order valence-electron chi connectivity index (χ1n) is 10.5. The van der Waals surface area contributed by atoms with Crippen molar-refractivity contribution in [2.75, 3.05) is 38.0 Å². The second-order valence-corrected chi connectivity index (χ2v) is 9.04. The SMILES string of the molecule is CC(C)(C)OC(=O)N1CCC(CCN2CCC(Nc3ncc(C#N)cn3)C2)CC1. The van der Waals surface area contributed by atoms with Gasteiger partial charge in [-0.2, -0.15) is 5.26 Å². The van der Waals surface area contributed by atoms with Crippen molar-refractivity contribution < 1.29 is 9.53 Å². The van der Waals surface area contributed by atoms with E-state index in [2.05, 4.69) is 20.2 Å². The van der Waals surface area contributed by atoms with Gasteiger partial charge in [0.05, 0.1) is 18.0 Å². The number of nitrogens with zero attached hydrogens (tertiary/aromatic N) is 5. The van der Waals surface area contributed by atoms with E-state index in [9.17, 15) is 4.79 Å². The van der Waals surface area contributed by atoms with Crippen molar-refractivity contribution >= 4 is 12.0 Å². The zero-order valence-corrected chi connectivity index (χ0v) is 17.7. The highest BCUT2D eigenvalue weighted by molar-refractivity contribution is 5.68. The maximum atomic E-state index is 12.2. The maximum absolute atomic E-state index is 12.2. The molecule has 1 atom stereocenters. The third-order valence-electron chi connectivity index (χ3n) is 5.51. The summed E-state index contributed by atoms with van der Waals surface area (Å²) in [5.41, 5.74) is 0.0400. The molecule has 1 aromatic rings. The zero-order chi connectivity index (χ0) is 20.9. The summed E-state index contributed by atoms with van der Waals surface area (Å²) in [5, 5.41) is 12.2. The van der Waals surface area contributed by atoms with Crippen molar-refractivity contribution in [2.45, 2.75) is 58.1 Å². The van der Waals surface area contributed by atoms with Crippen LogP contribution in [0, 0.1) is 17.2 Å². The zero-order valence-electron chi connectivity index (χ0n) is 17.7. The second-order valence-electron chi connectivity index (χ2n) is 9.04. The number of piperidine rings is 1. The van der Waals surface area contributed by atoms with Crippen LogP contribution in [0.2, 0.25) is 0 Å². The summed E-state index contributed by atoms with van der Waals surface area (Å²) in [6.45, 7) is 10.4. The molecule has 2 aliphatic rings. The first-order chi connectivity index (χ1) is 13.8. The molecule has 2 fully saturated rings. The Kier molecular flexibility index (Phi) is 6.91. The van der Waals surface area contributed by atoms with Gasteiger partial charge in [-0.25, -0.2) is 14.8 Å². The van der Waals surface area contributed by atoms with Crippen LogP contribution in [-0.4, -0.2) is 70.2 Å². The molecular weight excluding hydrogens is 368 g/mol. The Morgan fingerprint density at radius 1 is 1.24 bits per heavy atom. The standard InChI is InChI=1S/C21H32N6O2/c1-21(2,3)29-20(28)27-10-5-16(6-11-27)4-8-26-9-7-18(15-26)25-19-23-13-17(12-22)14-24-19/h13-14,16,18H,4-11,15H2,1-3H3,(H,23,24,25). The van der Waals surface area contributed by atoms with Crippen LogP contribution in [0.5, 0.6) is 0 Å². The molecule has 1 N–H and O–H groups in total. The lowest BCUT2D eigenvalue weighted by Crippen LogP contribution is -2.42. The van der Waals surface area contributed by atoms with Crippen molar-refractivity contribution in [3.63, 3.8) is 0 Å². The minimum absolute atomic E-state index is 0.186. The van der Waals surface area contributed by atoms with E-state index in [-0.39, 0.29) is 6.09 Å². The number of nitrogens with one attached hydrogen (secondary N) is 1. The molecule has 3 rings (SSSR count). The summed E-state index contributed by atoms with van der Waals surface area (Å²) in [4.78, 5) is 24.9. The van der Waals surface area contributed by atoms with Crippen LogP contribution in [0.3, 0.4) is 0 Å². The van der Waals surface area contributed by atoms with Crippen LogP contribution < -0.4 is 5.32 Å². The third kappa shape index (κ3) is 6.57. The quantitative estimate of drug-likeness (QED) is 0.812. The van der Waals surface area contributed by atoms with Gasteiger partial charge in [-0.05, 0) is 58.9 Å². The molecule has 2 saturated heterocycles. The number of carbonyl (C=O) groups excluding carboxylic acids is 1. The highest BCUT2D eigenvalue weighted by Gasteiger charge is 2.28. The molecule has 29 heavy (non-hydrogen) atoms. The molecule has 158 valence electrons. The lowest BCUT2D eigenvalue weighted by molar-refractivity contribution is 0.0178.